The van der Waals surface area contributed by atoms with Gasteiger partial charge in [0.15, 0.2) is 0 Å². The van der Waals surface area contributed by atoms with Crippen molar-refractivity contribution in [1.82, 2.24) is 10.2 Å². The van der Waals surface area contributed by atoms with Gasteiger partial charge in [-0.3, -0.25) is 9.59 Å². The van der Waals surface area contributed by atoms with Gasteiger partial charge >= 0.3 is 6.09 Å². The van der Waals surface area contributed by atoms with Crippen LogP contribution in [0.5, 0.6) is 0 Å². The molecule has 11 heteroatoms. The van der Waals surface area contributed by atoms with Gasteiger partial charge in [0, 0.05) is 6.54 Å². The van der Waals surface area contributed by atoms with E-state index in [2.05, 4.69) is 5.32 Å². The summed E-state index contributed by atoms with van der Waals surface area (Å²) in [6.07, 6.45) is 8.11. The minimum atomic E-state index is -0.900. The molecule has 0 aliphatic heterocycles. The first-order valence-corrected chi connectivity index (χ1v) is 12.2. The Morgan fingerprint density at radius 1 is 0.788 bits per heavy atom. The fourth-order valence-electron chi connectivity index (χ4n) is 3.47. The molecule has 3 amide bonds. The lowest BCUT2D eigenvalue weighted by Gasteiger charge is -2.27. The molecule has 0 radical (unpaired) electrons. The second kappa shape index (κ2) is 20.6. The SMILES string of the molecule is NCCCCCCCN(CC(=O)N[C@@H](CCCCN)COC(N)=O)C(=O)[C@H](N)CCCCN. The average Bonchev–Trinajstić information content (AvgIpc) is 2.78. The Balaban J connectivity index is 4.93. The number of hydrogen-bond donors (Lipinski definition) is 6. The molecule has 0 aliphatic rings. The third-order valence-corrected chi connectivity index (χ3v) is 5.36. The molecule has 11 N–H and O–H groups in total. The molecule has 0 spiro atoms. The molecule has 2 atom stereocenters. The number of ether oxygens (including phenoxy) is 1. The van der Waals surface area contributed by atoms with Crippen molar-refractivity contribution < 1.29 is 19.1 Å². The second-order valence-corrected chi connectivity index (χ2v) is 8.39. The third kappa shape index (κ3) is 17.2. The predicted molar refractivity (Wildman–Crippen MR) is 130 cm³/mol. The first-order valence-electron chi connectivity index (χ1n) is 12.2. The van der Waals surface area contributed by atoms with E-state index in [4.69, 9.17) is 33.4 Å². The summed E-state index contributed by atoms with van der Waals surface area (Å²) < 4.78 is 4.87. The highest BCUT2D eigenvalue weighted by Crippen LogP contribution is 2.08. The van der Waals surface area contributed by atoms with Crippen molar-refractivity contribution in [3.05, 3.63) is 0 Å². The molecule has 0 aliphatic carbocycles. The lowest BCUT2D eigenvalue weighted by molar-refractivity contribution is -0.137. The summed E-state index contributed by atoms with van der Waals surface area (Å²) in [6, 6.07) is -1.07. The van der Waals surface area contributed by atoms with Gasteiger partial charge in [0.1, 0.15) is 6.61 Å². The third-order valence-electron chi connectivity index (χ3n) is 5.36. The molecular weight excluding hydrogens is 426 g/mol. The molecule has 0 heterocycles. The molecule has 0 unspecified atom stereocenters. The van der Waals surface area contributed by atoms with Crippen LogP contribution >= 0.6 is 0 Å². The smallest absolute Gasteiger partial charge is 0.404 e. The maximum Gasteiger partial charge on any atom is 0.404 e. The highest BCUT2D eigenvalue weighted by atomic mass is 16.5. The highest BCUT2D eigenvalue weighted by Gasteiger charge is 2.24. The number of hydrogen-bond acceptors (Lipinski definition) is 8. The first-order chi connectivity index (χ1) is 15.8. The van der Waals surface area contributed by atoms with Gasteiger partial charge in [0.2, 0.25) is 11.8 Å². The summed E-state index contributed by atoms with van der Waals surface area (Å²) >= 11 is 0. The summed E-state index contributed by atoms with van der Waals surface area (Å²) in [5.41, 5.74) is 27.7. The van der Waals surface area contributed by atoms with E-state index >= 15 is 0 Å². The van der Waals surface area contributed by atoms with Crippen LogP contribution in [0, 0.1) is 0 Å². The number of carbonyl (C=O) groups is 3. The number of rotatable bonds is 21. The van der Waals surface area contributed by atoms with E-state index in [-0.39, 0.29) is 25.0 Å². The van der Waals surface area contributed by atoms with Crippen LogP contribution in [0.1, 0.15) is 70.6 Å². The highest BCUT2D eigenvalue weighted by molar-refractivity contribution is 5.87. The Hall–Kier alpha value is -1.95. The van der Waals surface area contributed by atoms with E-state index in [0.29, 0.717) is 39.0 Å². The Morgan fingerprint density at radius 3 is 1.94 bits per heavy atom. The van der Waals surface area contributed by atoms with Crippen molar-refractivity contribution in [3.63, 3.8) is 0 Å². The minimum Gasteiger partial charge on any atom is -0.448 e. The van der Waals surface area contributed by atoms with Gasteiger partial charge in [-0.2, -0.15) is 0 Å². The van der Waals surface area contributed by atoms with E-state index in [0.717, 1.165) is 57.8 Å². The van der Waals surface area contributed by atoms with E-state index in [1.807, 2.05) is 0 Å². The van der Waals surface area contributed by atoms with Gasteiger partial charge in [-0.05, 0) is 58.2 Å². The minimum absolute atomic E-state index is 0.0284. The normalized spacial score (nSPS) is 12.7. The van der Waals surface area contributed by atoms with Gasteiger partial charge in [-0.15, -0.1) is 0 Å². The maximum atomic E-state index is 12.9. The molecule has 0 fully saturated rings. The Kier molecular flexibility index (Phi) is 19.4. The zero-order valence-corrected chi connectivity index (χ0v) is 20.1. The first kappa shape index (κ1) is 31.0. The van der Waals surface area contributed by atoms with Crippen molar-refractivity contribution in [3.8, 4) is 0 Å². The maximum absolute atomic E-state index is 12.9. The number of amides is 3. The number of carbonyl (C=O) groups excluding carboxylic acids is 3. The lowest BCUT2D eigenvalue weighted by Crippen LogP contribution is -2.50. The van der Waals surface area contributed by atoms with E-state index in [1.54, 1.807) is 0 Å². The van der Waals surface area contributed by atoms with Gasteiger partial charge < -0.3 is 43.6 Å². The number of unbranched alkanes of at least 4 members (excludes halogenated alkanes) is 6. The van der Waals surface area contributed by atoms with Crippen LogP contribution in [-0.4, -0.2) is 74.2 Å². The van der Waals surface area contributed by atoms with Crippen LogP contribution in [0.4, 0.5) is 4.79 Å². The molecule has 0 aromatic carbocycles. The summed E-state index contributed by atoms with van der Waals surface area (Å²) in [7, 11) is 0. The summed E-state index contributed by atoms with van der Waals surface area (Å²) in [5.74, 6) is -0.566. The standard InChI is InChI=1S/C22H47N7O4/c23-12-6-2-1-3-9-15-29(21(31)19(26)11-5-8-14-25)16-20(30)28-18(10-4-7-13-24)17-33-22(27)32/h18-19H,1-17,23-26H2,(H2,27,32)(H,28,30)/t18-,19+/m0/s1. The molecule has 0 bridgehead atoms. The molecule has 0 rings (SSSR count). The molecule has 0 aromatic heterocycles. The fourth-order valence-corrected chi connectivity index (χ4v) is 3.47. The van der Waals surface area contributed by atoms with Crippen molar-refractivity contribution in [1.29, 1.82) is 0 Å². The van der Waals surface area contributed by atoms with Crippen molar-refractivity contribution >= 4 is 17.9 Å². The second-order valence-electron chi connectivity index (χ2n) is 8.39. The Morgan fingerprint density at radius 2 is 1.33 bits per heavy atom. The number of nitrogens with one attached hydrogen (secondary N) is 1. The van der Waals surface area contributed by atoms with Crippen LogP contribution in [0.3, 0.4) is 0 Å². The molecule has 0 saturated heterocycles. The lowest BCUT2D eigenvalue weighted by atomic mass is 10.1. The quantitative estimate of drug-likeness (QED) is 0.124. The van der Waals surface area contributed by atoms with Gasteiger partial charge in [-0.25, -0.2) is 4.79 Å². The molecule has 33 heavy (non-hydrogen) atoms. The summed E-state index contributed by atoms with van der Waals surface area (Å²) in [6.45, 7) is 2.08. The van der Waals surface area contributed by atoms with Crippen LogP contribution < -0.4 is 34.0 Å². The largest absolute Gasteiger partial charge is 0.448 e. The van der Waals surface area contributed by atoms with Crippen molar-refractivity contribution in [2.75, 3.05) is 39.3 Å². The van der Waals surface area contributed by atoms with E-state index in [1.165, 1.54) is 4.90 Å². The number of nitrogens with two attached hydrogens (primary N) is 5. The molecule has 194 valence electrons. The predicted octanol–water partition coefficient (Wildman–Crippen LogP) is -0.110. The van der Waals surface area contributed by atoms with Crippen molar-refractivity contribution in [2.45, 2.75) is 82.7 Å². The summed E-state index contributed by atoms with van der Waals surface area (Å²) in [5, 5.41) is 2.85. The average molecular weight is 474 g/mol. The fraction of sp³-hybridized carbons (Fsp3) is 0.864. The Bertz CT molecular complexity index is 537. The number of primary amides is 1. The van der Waals surface area contributed by atoms with Crippen LogP contribution in [0.25, 0.3) is 0 Å². The van der Waals surface area contributed by atoms with E-state index < -0.39 is 18.2 Å². The zero-order valence-electron chi connectivity index (χ0n) is 20.1. The van der Waals surface area contributed by atoms with E-state index in [9.17, 15) is 14.4 Å². The number of nitrogens with zero attached hydrogens (tertiary/aromatic N) is 1. The van der Waals surface area contributed by atoms with Gasteiger partial charge in [0.25, 0.3) is 0 Å². The Labute approximate surface area is 198 Å². The van der Waals surface area contributed by atoms with Gasteiger partial charge in [0.05, 0.1) is 18.6 Å². The van der Waals surface area contributed by atoms with Crippen LogP contribution in [0.15, 0.2) is 0 Å². The molecule has 0 saturated carbocycles. The van der Waals surface area contributed by atoms with Crippen LogP contribution in [0.2, 0.25) is 0 Å². The molecular formula is C22H47N7O4. The van der Waals surface area contributed by atoms with Gasteiger partial charge in [-0.1, -0.05) is 32.1 Å². The summed E-state index contributed by atoms with van der Waals surface area (Å²) in [4.78, 5) is 38.1. The van der Waals surface area contributed by atoms with Crippen molar-refractivity contribution in [2.24, 2.45) is 28.7 Å². The molecule has 0 aromatic rings. The molecule has 11 nitrogen and oxygen atoms in total. The monoisotopic (exact) mass is 473 g/mol. The van der Waals surface area contributed by atoms with Crippen LogP contribution in [-0.2, 0) is 14.3 Å². The zero-order chi connectivity index (χ0) is 24.9. The topological polar surface area (TPSA) is 206 Å².